The highest BCUT2D eigenvalue weighted by atomic mass is 19.1. The smallest absolute Gasteiger partial charge is 0.324 e. The summed E-state index contributed by atoms with van der Waals surface area (Å²) in [6, 6.07) is 18.1. The van der Waals surface area contributed by atoms with Crippen molar-refractivity contribution < 1.29 is 13.9 Å². The van der Waals surface area contributed by atoms with E-state index in [9.17, 15) is 9.18 Å². The maximum atomic E-state index is 13.1. The van der Waals surface area contributed by atoms with Gasteiger partial charge in [0.15, 0.2) is 0 Å². The highest BCUT2D eigenvalue weighted by molar-refractivity contribution is 5.94. The molecule has 0 saturated carbocycles. The zero-order valence-corrected chi connectivity index (χ0v) is 18.3. The summed E-state index contributed by atoms with van der Waals surface area (Å²) in [4.78, 5) is 20.4. The molecular weight excluding hydrogens is 405 g/mol. The van der Waals surface area contributed by atoms with Gasteiger partial charge < -0.3 is 9.64 Å². The van der Waals surface area contributed by atoms with Crippen molar-refractivity contribution >= 4 is 11.7 Å². The molecule has 166 valence electrons. The van der Waals surface area contributed by atoms with Crippen LogP contribution >= 0.6 is 0 Å². The standard InChI is InChI=1S/C26H28FN3O2/c1-20(12-16-29-17-18-30(26(29)31)24-10-14-28-15-11-24)13-19-32-25-8-4-22(5-9-25)21-2-6-23(27)7-3-21/h2-11,14-15,20H,12-13,16-19H2,1H3/t20-/m0/s1. The summed E-state index contributed by atoms with van der Waals surface area (Å²) in [5.41, 5.74) is 2.91. The second kappa shape index (κ2) is 10.3. The molecule has 0 unspecified atom stereocenters. The van der Waals surface area contributed by atoms with Gasteiger partial charge in [0.2, 0.25) is 0 Å². The number of rotatable bonds is 9. The third-order valence-corrected chi connectivity index (χ3v) is 5.87. The molecule has 0 spiro atoms. The Morgan fingerprint density at radius 1 is 0.938 bits per heavy atom. The van der Waals surface area contributed by atoms with Gasteiger partial charge in [-0.15, -0.1) is 0 Å². The Morgan fingerprint density at radius 3 is 2.28 bits per heavy atom. The first kappa shape index (κ1) is 21.8. The van der Waals surface area contributed by atoms with Gasteiger partial charge in [0, 0.05) is 37.7 Å². The average Bonchev–Trinajstić information content (AvgIpc) is 3.19. The van der Waals surface area contributed by atoms with Crippen molar-refractivity contribution in [2.75, 3.05) is 31.1 Å². The number of nitrogens with zero attached hydrogens (tertiary/aromatic N) is 3. The second-order valence-corrected chi connectivity index (χ2v) is 8.19. The van der Waals surface area contributed by atoms with E-state index < -0.39 is 0 Å². The minimum absolute atomic E-state index is 0.0703. The van der Waals surface area contributed by atoms with Crippen molar-refractivity contribution in [3.8, 4) is 16.9 Å². The number of anilines is 1. The number of hydrogen-bond donors (Lipinski definition) is 0. The van der Waals surface area contributed by atoms with E-state index in [0.29, 0.717) is 19.1 Å². The van der Waals surface area contributed by atoms with Gasteiger partial charge in [-0.25, -0.2) is 9.18 Å². The number of urea groups is 1. The van der Waals surface area contributed by atoms with Gasteiger partial charge in [0.25, 0.3) is 0 Å². The lowest BCUT2D eigenvalue weighted by Crippen LogP contribution is -2.33. The molecule has 2 heterocycles. The Labute approximate surface area is 188 Å². The van der Waals surface area contributed by atoms with Crippen molar-refractivity contribution in [3.63, 3.8) is 0 Å². The summed E-state index contributed by atoms with van der Waals surface area (Å²) >= 11 is 0. The van der Waals surface area contributed by atoms with Gasteiger partial charge in [0.05, 0.1) is 6.61 Å². The normalized spacial score (nSPS) is 14.6. The molecule has 1 aliphatic rings. The molecule has 0 bridgehead atoms. The Morgan fingerprint density at radius 2 is 1.59 bits per heavy atom. The fraction of sp³-hybridized carbons (Fsp3) is 0.308. The summed E-state index contributed by atoms with van der Waals surface area (Å²) in [5.74, 6) is 1.05. The second-order valence-electron chi connectivity index (χ2n) is 8.19. The van der Waals surface area contributed by atoms with Crippen molar-refractivity contribution in [3.05, 3.63) is 78.9 Å². The monoisotopic (exact) mass is 433 g/mol. The van der Waals surface area contributed by atoms with Crippen molar-refractivity contribution in [2.24, 2.45) is 5.92 Å². The lowest BCUT2D eigenvalue weighted by Gasteiger charge is -2.20. The molecule has 0 radical (unpaired) electrons. The molecule has 0 aliphatic carbocycles. The van der Waals surface area contributed by atoms with E-state index >= 15 is 0 Å². The van der Waals surface area contributed by atoms with Crippen LogP contribution in [0.1, 0.15) is 19.8 Å². The predicted octanol–water partition coefficient (Wildman–Crippen LogP) is 5.63. The Hall–Kier alpha value is -3.41. The zero-order chi connectivity index (χ0) is 22.3. The molecule has 1 saturated heterocycles. The molecule has 0 N–H and O–H groups in total. The van der Waals surface area contributed by atoms with Gasteiger partial charge in [0.1, 0.15) is 11.6 Å². The van der Waals surface area contributed by atoms with Crippen LogP contribution in [0.15, 0.2) is 73.1 Å². The molecular formula is C26H28FN3O2. The topological polar surface area (TPSA) is 45.7 Å². The summed E-state index contributed by atoms with van der Waals surface area (Å²) in [6.07, 6.45) is 5.30. The highest BCUT2D eigenvalue weighted by Gasteiger charge is 2.29. The van der Waals surface area contributed by atoms with Crippen LogP contribution in [-0.2, 0) is 0 Å². The molecule has 5 nitrogen and oxygen atoms in total. The number of aromatic nitrogens is 1. The predicted molar refractivity (Wildman–Crippen MR) is 124 cm³/mol. The number of halogens is 1. The molecule has 2 amide bonds. The molecule has 2 aromatic carbocycles. The summed E-state index contributed by atoms with van der Waals surface area (Å²) in [6.45, 7) is 5.06. The lowest BCUT2D eigenvalue weighted by atomic mass is 10.0. The van der Waals surface area contributed by atoms with Crippen LogP contribution in [-0.4, -0.2) is 42.2 Å². The van der Waals surface area contributed by atoms with Crippen molar-refractivity contribution in [2.45, 2.75) is 19.8 Å². The van der Waals surface area contributed by atoms with E-state index in [4.69, 9.17) is 4.74 Å². The number of carbonyl (C=O) groups excluding carboxylic acids is 1. The first-order valence-electron chi connectivity index (χ1n) is 11.1. The maximum Gasteiger partial charge on any atom is 0.324 e. The number of pyridine rings is 1. The first-order chi connectivity index (χ1) is 15.6. The van der Waals surface area contributed by atoms with E-state index in [-0.39, 0.29) is 11.8 Å². The van der Waals surface area contributed by atoms with Crippen LogP contribution in [0, 0.1) is 11.7 Å². The number of ether oxygens (including phenoxy) is 1. The van der Waals surface area contributed by atoms with E-state index in [1.165, 1.54) is 12.1 Å². The van der Waals surface area contributed by atoms with Crippen molar-refractivity contribution in [1.82, 2.24) is 9.88 Å². The molecule has 3 aromatic rings. The molecule has 1 fully saturated rings. The van der Waals surface area contributed by atoms with Crippen LogP contribution in [0.5, 0.6) is 5.75 Å². The third kappa shape index (κ3) is 5.44. The Kier molecular flexibility index (Phi) is 7.00. The van der Waals surface area contributed by atoms with Gasteiger partial charge >= 0.3 is 6.03 Å². The van der Waals surface area contributed by atoms with E-state index in [1.54, 1.807) is 24.5 Å². The number of amides is 2. The summed E-state index contributed by atoms with van der Waals surface area (Å²) < 4.78 is 19.0. The van der Waals surface area contributed by atoms with Gasteiger partial charge in [-0.2, -0.15) is 0 Å². The van der Waals surface area contributed by atoms with E-state index in [1.807, 2.05) is 46.2 Å². The quantitative estimate of drug-likeness (QED) is 0.440. The van der Waals surface area contributed by atoms with Gasteiger partial charge in [-0.3, -0.25) is 9.88 Å². The Bertz CT molecular complexity index is 1010. The summed E-state index contributed by atoms with van der Waals surface area (Å²) in [5, 5.41) is 0. The zero-order valence-electron chi connectivity index (χ0n) is 18.3. The minimum Gasteiger partial charge on any atom is -0.494 e. The third-order valence-electron chi connectivity index (χ3n) is 5.87. The molecule has 1 aromatic heterocycles. The SMILES string of the molecule is C[C@H](CCOc1ccc(-c2ccc(F)cc2)cc1)CCN1CCN(c2ccncc2)C1=O. The minimum atomic E-state index is -0.233. The fourth-order valence-electron chi connectivity index (χ4n) is 3.84. The Balaban J connectivity index is 1.18. The van der Waals surface area contributed by atoms with Gasteiger partial charge in [-0.1, -0.05) is 31.2 Å². The first-order valence-corrected chi connectivity index (χ1v) is 11.1. The maximum absolute atomic E-state index is 13.1. The molecule has 4 rings (SSSR count). The lowest BCUT2D eigenvalue weighted by molar-refractivity contribution is 0.214. The van der Waals surface area contributed by atoms with Crippen LogP contribution in [0.25, 0.3) is 11.1 Å². The van der Waals surface area contributed by atoms with Gasteiger partial charge in [-0.05, 0) is 66.3 Å². The van der Waals surface area contributed by atoms with E-state index in [0.717, 1.165) is 48.5 Å². The molecule has 6 heteroatoms. The molecule has 1 aliphatic heterocycles. The number of carbonyl (C=O) groups is 1. The highest BCUT2D eigenvalue weighted by Crippen LogP contribution is 2.24. The number of benzene rings is 2. The molecule has 1 atom stereocenters. The average molecular weight is 434 g/mol. The number of hydrogen-bond acceptors (Lipinski definition) is 3. The van der Waals surface area contributed by atoms with Crippen LogP contribution < -0.4 is 9.64 Å². The van der Waals surface area contributed by atoms with Crippen LogP contribution in [0.4, 0.5) is 14.9 Å². The van der Waals surface area contributed by atoms with Crippen LogP contribution in [0.3, 0.4) is 0 Å². The van der Waals surface area contributed by atoms with Crippen molar-refractivity contribution in [1.29, 1.82) is 0 Å². The molecule has 32 heavy (non-hydrogen) atoms. The fourth-order valence-corrected chi connectivity index (χ4v) is 3.84. The summed E-state index contributed by atoms with van der Waals surface area (Å²) in [7, 11) is 0. The van der Waals surface area contributed by atoms with Crippen LogP contribution in [0.2, 0.25) is 0 Å². The van der Waals surface area contributed by atoms with E-state index in [2.05, 4.69) is 11.9 Å². The largest absolute Gasteiger partial charge is 0.494 e.